The summed E-state index contributed by atoms with van der Waals surface area (Å²) in [4.78, 5) is 27.1. The van der Waals surface area contributed by atoms with Crippen LogP contribution in [0, 0.1) is 5.82 Å². The molecular formula is C11H17ClFN3O2. The van der Waals surface area contributed by atoms with Gasteiger partial charge in [0, 0.05) is 12.6 Å². The van der Waals surface area contributed by atoms with Crippen molar-refractivity contribution in [3.63, 3.8) is 0 Å². The SMILES string of the molecule is CC(C)N(C)CCCn1c(=O)[nH]c(Cl)c(F)c1=O. The third kappa shape index (κ3) is 3.43. The molecule has 0 aliphatic carbocycles. The second-order valence-electron chi connectivity index (χ2n) is 4.44. The maximum Gasteiger partial charge on any atom is 0.329 e. The molecule has 0 atom stereocenters. The molecule has 1 heterocycles. The molecule has 0 unspecified atom stereocenters. The van der Waals surface area contributed by atoms with Crippen molar-refractivity contribution < 1.29 is 4.39 Å². The molecule has 0 bridgehead atoms. The molecule has 0 radical (unpaired) electrons. The van der Waals surface area contributed by atoms with Crippen LogP contribution in [0.2, 0.25) is 5.15 Å². The topological polar surface area (TPSA) is 58.1 Å². The molecule has 1 aromatic rings. The average molecular weight is 278 g/mol. The zero-order chi connectivity index (χ0) is 13.9. The van der Waals surface area contributed by atoms with E-state index in [1.807, 2.05) is 20.9 Å². The zero-order valence-electron chi connectivity index (χ0n) is 10.7. The molecule has 7 heteroatoms. The van der Waals surface area contributed by atoms with Crippen LogP contribution in [0.4, 0.5) is 4.39 Å². The lowest BCUT2D eigenvalue weighted by Crippen LogP contribution is -2.38. The standard InChI is InChI=1S/C11H17ClFN3O2/c1-7(2)15(3)5-4-6-16-10(17)8(13)9(12)14-11(16)18/h7H,4-6H2,1-3H3,(H,14,18). The summed E-state index contributed by atoms with van der Waals surface area (Å²) >= 11 is 5.37. The van der Waals surface area contributed by atoms with E-state index in [9.17, 15) is 14.0 Å². The Hall–Kier alpha value is -1.14. The Bertz CT molecular complexity index is 524. The quantitative estimate of drug-likeness (QED) is 0.819. The van der Waals surface area contributed by atoms with Crippen LogP contribution in [0.25, 0.3) is 0 Å². The van der Waals surface area contributed by atoms with Gasteiger partial charge in [-0.1, -0.05) is 11.6 Å². The Labute approximate surface area is 109 Å². The first-order chi connectivity index (χ1) is 8.34. The van der Waals surface area contributed by atoms with Gasteiger partial charge in [-0.2, -0.15) is 4.39 Å². The fourth-order valence-corrected chi connectivity index (χ4v) is 1.62. The second-order valence-corrected chi connectivity index (χ2v) is 4.82. The molecule has 102 valence electrons. The maximum absolute atomic E-state index is 13.2. The molecule has 1 aromatic heterocycles. The third-order valence-corrected chi connectivity index (χ3v) is 3.12. The number of nitrogens with one attached hydrogen (secondary N) is 1. The summed E-state index contributed by atoms with van der Waals surface area (Å²) in [6.45, 7) is 4.97. The van der Waals surface area contributed by atoms with Gasteiger partial charge in [0.25, 0.3) is 5.56 Å². The minimum atomic E-state index is -1.12. The van der Waals surface area contributed by atoms with Gasteiger partial charge in [-0.15, -0.1) is 0 Å². The van der Waals surface area contributed by atoms with E-state index in [4.69, 9.17) is 11.6 Å². The van der Waals surface area contributed by atoms with Crippen LogP contribution in [0.5, 0.6) is 0 Å². The summed E-state index contributed by atoms with van der Waals surface area (Å²) in [5, 5.41) is -0.541. The minimum absolute atomic E-state index is 0.166. The van der Waals surface area contributed by atoms with Gasteiger partial charge < -0.3 is 4.90 Å². The Morgan fingerprint density at radius 2 is 2.06 bits per heavy atom. The summed E-state index contributed by atoms with van der Waals surface area (Å²) in [7, 11) is 1.94. The summed E-state index contributed by atoms with van der Waals surface area (Å²) in [5.74, 6) is -1.12. The first kappa shape index (κ1) is 14.9. The number of H-pyrrole nitrogens is 1. The summed E-state index contributed by atoms with van der Waals surface area (Å²) in [6.07, 6.45) is 0.582. The van der Waals surface area contributed by atoms with Crippen molar-refractivity contribution >= 4 is 11.6 Å². The van der Waals surface area contributed by atoms with Crippen LogP contribution in [-0.4, -0.2) is 34.1 Å². The van der Waals surface area contributed by atoms with E-state index < -0.39 is 22.2 Å². The smallest absolute Gasteiger partial charge is 0.304 e. The van der Waals surface area contributed by atoms with Crippen LogP contribution in [0.3, 0.4) is 0 Å². The van der Waals surface area contributed by atoms with Gasteiger partial charge in [0.2, 0.25) is 5.82 Å². The van der Waals surface area contributed by atoms with E-state index in [1.165, 1.54) is 0 Å². The van der Waals surface area contributed by atoms with Gasteiger partial charge in [0.1, 0.15) is 0 Å². The van der Waals surface area contributed by atoms with Crippen molar-refractivity contribution in [1.82, 2.24) is 14.5 Å². The Kier molecular flexibility index (Phi) is 5.10. The van der Waals surface area contributed by atoms with Gasteiger partial charge in [0.15, 0.2) is 5.15 Å². The summed E-state index contributed by atoms with van der Waals surface area (Å²) in [6, 6.07) is 0.377. The molecule has 0 aliphatic rings. The van der Waals surface area contributed by atoms with E-state index >= 15 is 0 Å². The molecular weight excluding hydrogens is 261 g/mol. The van der Waals surface area contributed by atoms with E-state index in [0.29, 0.717) is 19.0 Å². The fraction of sp³-hybridized carbons (Fsp3) is 0.636. The Morgan fingerprint density at radius 1 is 1.44 bits per heavy atom. The van der Waals surface area contributed by atoms with Crippen LogP contribution in [0.15, 0.2) is 9.59 Å². The van der Waals surface area contributed by atoms with Crippen molar-refractivity contribution in [3.8, 4) is 0 Å². The monoisotopic (exact) mass is 277 g/mol. The lowest BCUT2D eigenvalue weighted by molar-refractivity contribution is 0.264. The predicted octanol–water partition coefficient (Wildman–Crippen LogP) is 1.06. The lowest BCUT2D eigenvalue weighted by atomic mass is 10.3. The number of aromatic nitrogens is 2. The van der Waals surface area contributed by atoms with Gasteiger partial charge in [0.05, 0.1) is 0 Å². The van der Waals surface area contributed by atoms with E-state index in [-0.39, 0.29) is 6.54 Å². The van der Waals surface area contributed by atoms with Crippen LogP contribution in [-0.2, 0) is 6.54 Å². The minimum Gasteiger partial charge on any atom is -0.304 e. The normalized spacial score (nSPS) is 11.5. The van der Waals surface area contributed by atoms with Crippen molar-refractivity contribution in [2.75, 3.05) is 13.6 Å². The molecule has 0 amide bonds. The Balaban J connectivity index is 2.78. The average Bonchev–Trinajstić information content (AvgIpc) is 2.30. The van der Waals surface area contributed by atoms with E-state index in [0.717, 1.165) is 4.57 Å². The predicted molar refractivity (Wildman–Crippen MR) is 68.7 cm³/mol. The third-order valence-electron chi connectivity index (χ3n) is 2.86. The molecule has 0 aliphatic heterocycles. The van der Waals surface area contributed by atoms with Crippen LogP contribution < -0.4 is 11.2 Å². The maximum atomic E-state index is 13.2. The van der Waals surface area contributed by atoms with E-state index in [2.05, 4.69) is 9.88 Å². The number of aromatic amines is 1. The molecule has 1 N–H and O–H groups in total. The number of hydrogen-bond donors (Lipinski definition) is 1. The van der Waals surface area contributed by atoms with Crippen molar-refractivity contribution in [1.29, 1.82) is 0 Å². The fourth-order valence-electron chi connectivity index (χ4n) is 1.46. The highest BCUT2D eigenvalue weighted by molar-refractivity contribution is 6.29. The highest BCUT2D eigenvalue weighted by Gasteiger charge is 2.12. The van der Waals surface area contributed by atoms with Crippen LogP contribution in [0.1, 0.15) is 20.3 Å². The van der Waals surface area contributed by atoms with Crippen molar-refractivity contribution in [2.45, 2.75) is 32.9 Å². The molecule has 18 heavy (non-hydrogen) atoms. The molecule has 0 fully saturated rings. The Morgan fingerprint density at radius 3 is 2.61 bits per heavy atom. The van der Waals surface area contributed by atoms with Crippen LogP contribution >= 0.6 is 11.6 Å². The molecule has 1 rings (SSSR count). The lowest BCUT2D eigenvalue weighted by Gasteiger charge is -2.20. The zero-order valence-corrected chi connectivity index (χ0v) is 11.4. The number of rotatable bonds is 5. The molecule has 0 spiro atoms. The van der Waals surface area contributed by atoms with Crippen molar-refractivity contribution in [2.24, 2.45) is 0 Å². The number of nitrogens with zero attached hydrogens (tertiary/aromatic N) is 2. The molecule has 0 saturated heterocycles. The van der Waals surface area contributed by atoms with Crippen molar-refractivity contribution in [3.05, 3.63) is 31.8 Å². The van der Waals surface area contributed by atoms with Gasteiger partial charge in [-0.3, -0.25) is 14.3 Å². The molecule has 0 saturated carbocycles. The highest BCUT2D eigenvalue weighted by atomic mass is 35.5. The molecule has 0 aromatic carbocycles. The molecule has 5 nitrogen and oxygen atoms in total. The number of halogens is 2. The van der Waals surface area contributed by atoms with Gasteiger partial charge in [-0.05, 0) is 33.9 Å². The second kappa shape index (κ2) is 6.15. The van der Waals surface area contributed by atoms with E-state index in [1.54, 1.807) is 0 Å². The summed E-state index contributed by atoms with van der Waals surface area (Å²) < 4.78 is 14.1. The summed E-state index contributed by atoms with van der Waals surface area (Å²) in [5.41, 5.74) is -1.66. The largest absolute Gasteiger partial charge is 0.329 e. The van der Waals surface area contributed by atoms with Gasteiger partial charge in [-0.25, -0.2) is 4.79 Å². The highest BCUT2D eigenvalue weighted by Crippen LogP contribution is 2.02. The van der Waals surface area contributed by atoms with Gasteiger partial charge >= 0.3 is 5.69 Å². The first-order valence-corrected chi connectivity index (χ1v) is 6.10. The first-order valence-electron chi connectivity index (χ1n) is 5.73. The number of hydrogen-bond acceptors (Lipinski definition) is 3.